The number of piperazine rings is 1. The van der Waals surface area contributed by atoms with Crippen LogP contribution in [0.15, 0.2) is 22.7 Å². The molecule has 1 atom stereocenters. The monoisotopic (exact) mass is 312 g/mol. The van der Waals surface area contributed by atoms with E-state index in [1.54, 1.807) is 30.0 Å². The van der Waals surface area contributed by atoms with Crippen LogP contribution in [0.2, 0.25) is 0 Å². The van der Waals surface area contributed by atoms with Crippen LogP contribution in [0.1, 0.15) is 18.6 Å². The lowest BCUT2D eigenvalue weighted by molar-refractivity contribution is -0.130. The zero-order chi connectivity index (χ0) is 13.3. The minimum absolute atomic E-state index is 0.159. The van der Waals surface area contributed by atoms with Crippen LogP contribution in [-0.2, 0) is 9.59 Å². The molecule has 2 rings (SSSR count). The molecule has 6 heteroatoms. The van der Waals surface area contributed by atoms with Crippen molar-refractivity contribution < 1.29 is 14.7 Å². The van der Waals surface area contributed by atoms with Crippen molar-refractivity contribution in [3.8, 4) is 0 Å². The van der Waals surface area contributed by atoms with Crippen molar-refractivity contribution in [1.29, 1.82) is 0 Å². The second-order valence-electron chi connectivity index (χ2n) is 4.21. The Labute approximate surface area is 113 Å². The van der Waals surface area contributed by atoms with Crippen LogP contribution in [0.3, 0.4) is 0 Å². The highest BCUT2D eigenvalue weighted by Crippen LogP contribution is 2.28. The second kappa shape index (κ2) is 5.07. The van der Waals surface area contributed by atoms with Gasteiger partial charge >= 0.3 is 0 Å². The molecule has 0 radical (unpaired) electrons. The van der Waals surface area contributed by atoms with Crippen molar-refractivity contribution in [3.63, 3.8) is 0 Å². The predicted molar refractivity (Wildman–Crippen MR) is 70.1 cm³/mol. The Balaban J connectivity index is 2.26. The van der Waals surface area contributed by atoms with E-state index in [9.17, 15) is 14.7 Å². The quantitative estimate of drug-likeness (QED) is 0.798. The van der Waals surface area contributed by atoms with Crippen LogP contribution in [0.5, 0.6) is 0 Å². The molecule has 0 saturated carbocycles. The molecule has 2 N–H and O–H groups in total. The number of aliphatic hydroxyl groups is 1. The van der Waals surface area contributed by atoms with Crippen LogP contribution in [0, 0.1) is 0 Å². The van der Waals surface area contributed by atoms with E-state index in [0.29, 0.717) is 0 Å². The van der Waals surface area contributed by atoms with E-state index in [-0.39, 0.29) is 24.9 Å². The predicted octanol–water partition coefficient (Wildman–Crippen LogP) is 0.965. The molecular weight excluding hydrogens is 300 g/mol. The van der Waals surface area contributed by atoms with Gasteiger partial charge < -0.3 is 10.0 Å². The summed E-state index contributed by atoms with van der Waals surface area (Å²) >= 11 is 3.37. The van der Waals surface area contributed by atoms with Crippen LogP contribution in [0.25, 0.3) is 0 Å². The lowest BCUT2D eigenvalue weighted by Crippen LogP contribution is -2.51. The van der Waals surface area contributed by atoms with Crippen molar-refractivity contribution in [1.82, 2.24) is 5.32 Å². The van der Waals surface area contributed by atoms with Gasteiger partial charge in [0.2, 0.25) is 11.8 Å². The van der Waals surface area contributed by atoms with Crippen LogP contribution < -0.4 is 10.2 Å². The first kappa shape index (κ1) is 13.0. The Morgan fingerprint density at radius 1 is 1.33 bits per heavy atom. The van der Waals surface area contributed by atoms with Crippen LogP contribution in [-0.4, -0.2) is 30.0 Å². The molecule has 0 unspecified atom stereocenters. The number of hydrogen-bond donors (Lipinski definition) is 2. The Bertz CT molecular complexity index is 486. The Morgan fingerprint density at radius 3 is 2.44 bits per heavy atom. The Kier molecular flexibility index (Phi) is 3.68. The first-order chi connectivity index (χ1) is 8.47. The normalized spacial score (nSPS) is 17.6. The third-order valence-electron chi connectivity index (χ3n) is 2.75. The minimum Gasteiger partial charge on any atom is -0.389 e. The molecule has 0 aliphatic carbocycles. The van der Waals surface area contributed by atoms with E-state index < -0.39 is 6.10 Å². The van der Waals surface area contributed by atoms with Gasteiger partial charge in [0, 0.05) is 10.2 Å². The molecule has 1 heterocycles. The van der Waals surface area contributed by atoms with Crippen molar-refractivity contribution in [2.45, 2.75) is 13.0 Å². The first-order valence-electron chi connectivity index (χ1n) is 5.52. The van der Waals surface area contributed by atoms with E-state index in [1.165, 1.54) is 0 Å². The highest BCUT2D eigenvalue weighted by Gasteiger charge is 2.23. The van der Waals surface area contributed by atoms with Gasteiger partial charge in [-0.25, -0.2) is 0 Å². The zero-order valence-electron chi connectivity index (χ0n) is 9.81. The number of nitrogens with zero attached hydrogens (tertiary/aromatic N) is 1. The fourth-order valence-corrected chi connectivity index (χ4v) is 2.57. The van der Waals surface area contributed by atoms with E-state index >= 15 is 0 Å². The van der Waals surface area contributed by atoms with E-state index in [4.69, 9.17) is 0 Å². The number of imide groups is 1. The van der Waals surface area contributed by atoms with Gasteiger partial charge in [0.15, 0.2) is 0 Å². The van der Waals surface area contributed by atoms with Crippen molar-refractivity contribution in [2.75, 3.05) is 18.0 Å². The standard InChI is InChI=1S/C12H13BrN2O3/c1-7(16)9-3-2-8(4-10(9)13)15-5-11(17)14-12(18)6-15/h2-4,7,16H,5-6H2,1H3,(H,14,17,18)/t7-/m1/s1. The number of rotatable bonds is 2. The van der Waals surface area contributed by atoms with Crippen LogP contribution >= 0.6 is 15.9 Å². The summed E-state index contributed by atoms with van der Waals surface area (Å²) < 4.78 is 0.758. The summed E-state index contributed by atoms with van der Waals surface area (Å²) in [5.74, 6) is -0.607. The zero-order valence-corrected chi connectivity index (χ0v) is 11.4. The summed E-state index contributed by atoms with van der Waals surface area (Å²) in [5.41, 5.74) is 1.54. The highest BCUT2D eigenvalue weighted by atomic mass is 79.9. The van der Waals surface area contributed by atoms with E-state index in [1.807, 2.05) is 0 Å². The van der Waals surface area contributed by atoms with Gasteiger partial charge in [-0.3, -0.25) is 14.9 Å². The van der Waals surface area contributed by atoms with Gasteiger partial charge in [-0.2, -0.15) is 0 Å². The number of carbonyl (C=O) groups is 2. The summed E-state index contributed by atoms with van der Waals surface area (Å²) in [6.45, 7) is 2.00. The van der Waals surface area contributed by atoms with Crippen molar-refractivity contribution >= 4 is 33.4 Å². The van der Waals surface area contributed by atoms with Gasteiger partial charge in [-0.15, -0.1) is 0 Å². The molecule has 1 aliphatic rings. The largest absolute Gasteiger partial charge is 0.389 e. The molecule has 2 amide bonds. The number of carbonyl (C=O) groups excluding carboxylic acids is 2. The average molecular weight is 313 g/mol. The lowest BCUT2D eigenvalue weighted by atomic mass is 10.1. The molecule has 0 bridgehead atoms. The maximum Gasteiger partial charge on any atom is 0.246 e. The molecule has 1 saturated heterocycles. The van der Waals surface area contributed by atoms with E-state index in [0.717, 1.165) is 15.7 Å². The maximum atomic E-state index is 11.3. The van der Waals surface area contributed by atoms with Gasteiger partial charge in [-0.1, -0.05) is 22.0 Å². The smallest absolute Gasteiger partial charge is 0.246 e. The summed E-state index contributed by atoms with van der Waals surface area (Å²) in [5, 5.41) is 11.8. The summed E-state index contributed by atoms with van der Waals surface area (Å²) in [4.78, 5) is 24.3. The molecule has 18 heavy (non-hydrogen) atoms. The number of halogens is 1. The Morgan fingerprint density at radius 2 is 1.94 bits per heavy atom. The second-order valence-corrected chi connectivity index (χ2v) is 5.06. The van der Waals surface area contributed by atoms with Gasteiger partial charge in [-0.05, 0) is 24.6 Å². The molecule has 1 aromatic rings. The number of nitrogens with one attached hydrogen (secondary N) is 1. The lowest BCUT2D eigenvalue weighted by Gasteiger charge is -2.27. The van der Waals surface area contributed by atoms with Gasteiger partial charge in [0.1, 0.15) is 0 Å². The summed E-state index contributed by atoms with van der Waals surface area (Å²) in [7, 11) is 0. The average Bonchev–Trinajstić information content (AvgIpc) is 2.26. The van der Waals surface area contributed by atoms with Crippen molar-refractivity contribution in [3.05, 3.63) is 28.2 Å². The molecule has 96 valence electrons. The SMILES string of the molecule is C[C@@H](O)c1ccc(N2CC(=O)NC(=O)C2)cc1Br. The summed E-state index contributed by atoms with van der Waals surface area (Å²) in [6, 6.07) is 5.37. The fraction of sp³-hybridized carbons (Fsp3) is 0.333. The summed E-state index contributed by atoms with van der Waals surface area (Å²) in [6.07, 6.45) is -0.570. The van der Waals surface area contributed by atoms with Crippen LogP contribution in [0.4, 0.5) is 5.69 Å². The number of benzene rings is 1. The third kappa shape index (κ3) is 2.70. The molecule has 0 aromatic heterocycles. The van der Waals surface area contributed by atoms with E-state index in [2.05, 4.69) is 21.2 Å². The number of anilines is 1. The molecule has 1 aliphatic heterocycles. The molecule has 1 fully saturated rings. The van der Waals surface area contributed by atoms with Gasteiger partial charge in [0.05, 0.1) is 19.2 Å². The van der Waals surface area contributed by atoms with Crippen molar-refractivity contribution in [2.24, 2.45) is 0 Å². The fourth-order valence-electron chi connectivity index (χ4n) is 1.87. The number of amides is 2. The third-order valence-corrected chi connectivity index (χ3v) is 3.43. The molecular formula is C12H13BrN2O3. The molecule has 1 aromatic carbocycles. The molecule has 0 spiro atoms. The van der Waals surface area contributed by atoms with Gasteiger partial charge in [0.25, 0.3) is 0 Å². The highest BCUT2D eigenvalue weighted by molar-refractivity contribution is 9.10. The topological polar surface area (TPSA) is 69.6 Å². The minimum atomic E-state index is -0.570. The number of aliphatic hydroxyl groups excluding tert-OH is 1. The maximum absolute atomic E-state index is 11.3. The number of hydrogen-bond acceptors (Lipinski definition) is 4. The molecule has 5 nitrogen and oxygen atoms in total. The Hall–Kier alpha value is -1.40. The first-order valence-corrected chi connectivity index (χ1v) is 6.32.